The normalized spacial score (nSPS) is 12.4. The highest BCUT2D eigenvalue weighted by molar-refractivity contribution is 7.80. The number of non-ortho nitro benzene ring substituents is 1. The Balaban J connectivity index is 1.94. The van der Waals surface area contributed by atoms with Gasteiger partial charge in [0.1, 0.15) is 21.6 Å². The molecule has 0 radical (unpaired) electrons. The Morgan fingerprint density at radius 2 is 1.97 bits per heavy atom. The van der Waals surface area contributed by atoms with Crippen molar-refractivity contribution in [1.82, 2.24) is 20.3 Å². The van der Waals surface area contributed by atoms with E-state index in [-0.39, 0.29) is 10.7 Å². The molecule has 3 aromatic rings. The van der Waals surface area contributed by atoms with Crippen molar-refractivity contribution in [1.29, 1.82) is 0 Å². The van der Waals surface area contributed by atoms with E-state index in [4.69, 9.17) is 17.0 Å². The van der Waals surface area contributed by atoms with Gasteiger partial charge in [-0.1, -0.05) is 47.8 Å². The first-order chi connectivity index (χ1) is 14.1. The summed E-state index contributed by atoms with van der Waals surface area (Å²) in [5.41, 5.74) is 1.01. The number of nitrogens with one attached hydrogen (secondary N) is 1. The first kappa shape index (κ1) is 21.3. The van der Waals surface area contributed by atoms with Crippen LogP contribution in [0.25, 0.3) is 11.0 Å². The van der Waals surface area contributed by atoms with E-state index in [2.05, 4.69) is 15.6 Å². The number of benzene rings is 2. The summed E-state index contributed by atoms with van der Waals surface area (Å²) in [6.07, 6.45) is -0.240. The third-order valence-corrected chi connectivity index (χ3v) is 4.58. The summed E-state index contributed by atoms with van der Waals surface area (Å²) in [6, 6.07) is 13.1. The van der Waals surface area contributed by atoms with Gasteiger partial charge in [-0.15, -0.1) is 5.10 Å². The van der Waals surface area contributed by atoms with Gasteiger partial charge in [-0.25, -0.2) is 9.48 Å². The maximum atomic E-state index is 12.4. The van der Waals surface area contributed by atoms with Crippen LogP contribution in [0.4, 0.5) is 10.5 Å². The molecule has 3 rings (SSSR count). The fourth-order valence-electron chi connectivity index (χ4n) is 2.83. The largest absolute Gasteiger partial charge is 0.444 e. The van der Waals surface area contributed by atoms with Crippen molar-refractivity contribution in [3.8, 4) is 0 Å². The van der Waals surface area contributed by atoms with Gasteiger partial charge < -0.3 is 10.1 Å². The molecule has 9 nitrogen and oxygen atoms in total. The Kier molecular flexibility index (Phi) is 6.06. The van der Waals surface area contributed by atoms with Gasteiger partial charge in [0.05, 0.1) is 11.0 Å². The Hall–Kier alpha value is -3.40. The van der Waals surface area contributed by atoms with Crippen LogP contribution in [0.3, 0.4) is 0 Å². The molecule has 0 fully saturated rings. The number of carbonyl (C=O) groups excluding carboxylic acids is 1. The minimum absolute atomic E-state index is 0.103. The van der Waals surface area contributed by atoms with Gasteiger partial charge in [0.15, 0.2) is 0 Å². The minimum Gasteiger partial charge on any atom is -0.444 e. The van der Waals surface area contributed by atoms with Gasteiger partial charge in [-0.3, -0.25) is 10.1 Å². The van der Waals surface area contributed by atoms with E-state index < -0.39 is 22.7 Å². The highest BCUT2D eigenvalue weighted by atomic mass is 32.1. The molecule has 0 aliphatic carbocycles. The van der Waals surface area contributed by atoms with Crippen LogP contribution in [0.5, 0.6) is 0 Å². The molecule has 1 N–H and O–H groups in total. The SMILES string of the molecule is CC(C)(C)OC(=O)N[C@H](Cc1ccccc1)C(=S)n1nnc2ccc([N+](=O)[O-])cc21. The number of amides is 1. The first-order valence-electron chi connectivity index (χ1n) is 9.21. The second kappa shape index (κ2) is 8.54. The van der Waals surface area contributed by atoms with Crippen molar-refractivity contribution in [2.24, 2.45) is 0 Å². The second-order valence-corrected chi connectivity index (χ2v) is 8.08. The van der Waals surface area contributed by atoms with Crippen molar-refractivity contribution in [2.45, 2.75) is 38.8 Å². The number of rotatable bonds is 5. The van der Waals surface area contributed by atoms with E-state index in [0.29, 0.717) is 17.5 Å². The number of hydrogen-bond acceptors (Lipinski definition) is 7. The van der Waals surface area contributed by atoms with E-state index in [9.17, 15) is 14.9 Å². The zero-order valence-electron chi connectivity index (χ0n) is 16.7. The molecule has 30 heavy (non-hydrogen) atoms. The van der Waals surface area contributed by atoms with Crippen LogP contribution in [0.2, 0.25) is 0 Å². The van der Waals surface area contributed by atoms with Crippen molar-refractivity contribution >= 4 is 40.0 Å². The lowest BCUT2D eigenvalue weighted by Gasteiger charge is -2.24. The van der Waals surface area contributed by atoms with Gasteiger partial charge in [0.25, 0.3) is 5.69 Å². The summed E-state index contributed by atoms with van der Waals surface area (Å²) < 4.78 is 6.70. The van der Waals surface area contributed by atoms with Crippen LogP contribution in [-0.4, -0.2) is 42.6 Å². The lowest BCUT2D eigenvalue weighted by atomic mass is 10.1. The number of nitro groups is 1. The molecule has 1 heterocycles. The molecule has 1 atom stereocenters. The predicted octanol–water partition coefficient (Wildman–Crippen LogP) is 3.65. The number of nitrogens with zero attached hydrogens (tertiary/aromatic N) is 4. The summed E-state index contributed by atoms with van der Waals surface area (Å²) in [6.45, 7) is 5.30. The number of alkyl carbamates (subject to hydrolysis) is 1. The topological polar surface area (TPSA) is 112 Å². The van der Waals surface area contributed by atoms with Crippen LogP contribution >= 0.6 is 12.2 Å². The molecule has 2 aromatic carbocycles. The molecular formula is C20H21N5O4S. The highest BCUT2D eigenvalue weighted by Crippen LogP contribution is 2.20. The van der Waals surface area contributed by atoms with Gasteiger partial charge in [-0.05, 0) is 38.8 Å². The van der Waals surface area contributed by atoms with Crippen molar-refractivity contribution < 1.29 is 14.5 Å². The predicted molar refractivity (Wildman–Crippen MR) is 115 cm³/mol. The van der Waals surface area contributed by atoms with E-state index >= 15 is 0 Å². The van der Waals surface area contributed by atoms with Gasteiger partial charge in [-0.2, -0.15) is 0 Å². The smallest absolute Gasteiger partial charge is 0.408 e. The van der Waals surface area contributed by atoms with Crippen LogP contribution in [0.15, 0.2) is 48.5 Å². The molecule has 0 bridgehead atoms. The molecule has 1 aromatic heterocycles. The molecule has 0 aliphatic rings. The number of aromatic nitrogens is 3. The summed E-state index contributed by atoms with van der Waals surface area (Å²) in [4.78, 5) is 23.3. The fraction of sp³-hybridized carbons (Fsp3) is 0.300. The second-order valence-electron chi connectivity index (χ2n) is 7.66. The molecule has 10 heteroatoms. The summed E-state index contributed by atoms with van der Waals surface area (Å²) in [5, 5.41) is 22.0. The number of thiocarbonyl (C=S) groups is 1. The van der Waals surface area contributed by atoms with Crippen LogP contribution < -0.4 is 5.32 Å². The fourth-order valence-corrected chi connectivity index (χ4v) is 3.11. The monoisotopic (exact) mass is 427 g/mol. The first-order valence-corrected chi connectivity index (χ1v) is 9.62. The Morgan fingerprint density at radius 1 is 1.27 bits per heavy atom. The average Bonchev–Trinajstić information content (AvgIpc) is 3.09. The number of carbonyl (C=O) groups is 1. The zero-order chi connectivity index (χ0) is 21.9. The van der Waals surface area contributed by atoms with E-state index in [1.54, 1.807) is 20.8 Å². The van der Waals surface area contributed by atoms with E-state index in [1.807, 2.05) is 30.3 Å². The number of hydrogen-bond donors (Lipinski definition) is 1. The van der Waals surface area contributed by atoms with Crippen molar-refractivity contribution in [3.63, 3.8) is 0 Å². The quantitative estimate of drug-likeness (QED) is 0.376. The summed E-state index contributed by atoms with van der Waals surface area (Å²) >= 11 is 5.61. The molecule has 0 unspecified atom stereocenters. The Bertz CT molecular complexity index is 1090. The maximum absolute atomic E-state index is 12.4. The summed E-state index contributed by atoms with van der Waals surface area (Å²) in [5.74, 6) is 0. The Labute approximate surface area is 178 Å². The van der Waals surface area contributed by atoms with Gasteiger partial charge in [0, 0.05) is 12.1 Å². The molecule has 0 aliphatic heterocycles. The Morgan fingerprint density at radius 3 is 2.60 bits per heavy atom. The minimum atomic E-state index is -0.677. The average molecular weight is 427 g/mol. The van der Waals surface area contributed by atoms with E-state index in [0.717, 1.165) is 5.56 Å². The molecule has 156 valence electrons. The molecule has 0 saturated carbocycles. The van der Waals surface area contributed by atoms with Crippen molar-refractivity contribution in [2.75, 3.05) is 0 Å². The lowest BCUT2D eigenvalue weighted by Crippen LogP contribution is -2.46. The molecule has 0 spiro atoms. The van der Waals surface area contributed by atoms with Crippen LogP contribution in [0.1, 0.15) is 26.3 Å². The van der Waals surface area contributed by atoms with E-state index in [1.165, 1.54) is 22.9 Å². The number of nitro benzene ring substituents is 1. The summed E-state index contributed by atoms with van der Waals surface area (Å²) in [7, 11) is 0. The molecule has 1 amide bonds. The molecule has 0 saturated heterocycles. The van der Waals surface area contributed by atoms with Gasteiger partial charge >= 0.3 is 6.09 Å². The lowest BCUT2D eigenvalue weighted by molar-refractivity contribution is -0.384. The van der Waals surface area contributed by atoms with Crippen LogP contribution in [-0.2, 0) is 11.2 Å². The highest BCUT2D eigenvalue weighted by Gasteiger charge is 2.25. The standard InChI is InChI=1S/C20H21N5O4S/c1-20(2,3)29-19(26)21-16(11-13-7-5-4-6-8-13)18(30)24-17-12-14(25(27)28)9-10-15(17)22-23-24/h4-10,12,16H,11H2,1-3H3,(H,21,26)/t16-/m1/s1. The maximum Gasteiger partial charge on any atom is 0.408 e. The number of ether oxygens (including phenoxy) is 1. The van der Waals surface area contributed by atoms with Gasteiger partial charge in [0.2, 0.25) is 0 Å². The van der Waals surface area contributed by atoms with Crippen LogP contribution in [0, 0.1) is 10.1 Å². The third-order valence-electron chi connectivity index (χ3n) is 4.12. The molecular weight excluding hydrogens is 406 g/mol. The third kappa shape index (κ3) is 5.15. The number of fused-ring (bicyclic) bond motifs is 1. The van der Waals surface area contributed by atoms with Crippen molar-refractivity contribution in [3.05, 3.63) is 64.2 Å². The zero-order valence-corrected chi connectivity index (χ0v) is 17.5.